The predicted octanol–water partition coefficient (Wildman–Crippen LogP) is 1.44. The summed E-state index contributed by atoms with van der Waals surface area (Å²) in [5.41, 5.74) is 0.0215. The number of piperidine rings is 1. The summed E-state index contributed by atoms with van der Waals surface area (Å²) in [5, 5.41) is 0. The highest BCUT2D eigenvalue weighted by Gasteiger charge is 2.48. The predicted molar refractivity (Wildman–Crippen MR) is 103 cm³/mol. The van der Waals surface area contributed by atoms with Crippen molar-refractivity contribution < 1.29 is 17.9 Å². The van der Waals surface area contributed by atoms with Crippen LogP contribution in [0.1, 0.15) is 55.9 Å². The molecule has 0 bridgehead atoms. The Morgan fingerprint density at radius 3 is 2.61 bits per heavy atom. The molecule has 2 saturated heterocycles. The number of carbonyl (C=O) groups is 1. The number of rotatable bonds is 5. The van der Waals surface area contributed by atoms with Crippen molar-refractivity contribution >= 4 is 15.9 Å². The zero-order valence-corrected chi connectivity index (χ0v) is 17.1. The largest absolute Gasteiger partial charge is 0.375 e. The van der Waals surface area contributed by atoms with Crippen LogP contribution in [0.15, 0.2) is 18.6 Å². The number of aromatic nitrogens is 2. The molecule has 9 heteroatoms. The fourth-order valence-corrected chi connectivity index (χ4v) is 6.08. The lowest BCUT2D eigenvalue weighted by atomic mass is 9.82. The van der Waals surface area contributed by atoms with Crippen LogP contribution in [0, 0.1) is 0 Å². The van der Waals surface area contributed by atoms with Gasteiger partial charge in [0.2, 0.25) is 10.0 Å². The molecular formula is C19H28N4O4S. The van der Waals surface area contributed by atoms with E-state index in [1.807, 2.05) is 0 Å². The number of hydrogen-bond acceptors (Lipinski definition) is 6. The summed E-state index contributed by atoms with van der Waals surface area (Å²) in [6, 6.07) is 0.178. The van der Waals surface area contributed by atoms with Gasteiger partial charge in [-0.3, -0.25) is 9.78 Å². The van der Waals surface area contributed by atoms with E-state index in [0.717, 1.165) is 38.5 Å². The monoisotopic (exact) mass is 408 g/mol. The van der Waals surface area contributed by atoms with E-state index in [2.05, 4.69) is 9.97 Å². The van der Waals surface area contributed by atoms with Gasteiger partial charge in [0.25, 0.3) is 5.91 Å². The first-order valence-electron chi connectivity index (χ1n) is 10.1. The van der Waals surface area contributed by atoms with Crippen LogP contribution in [0.5, 0.6) is 0 Å². The molecule has 154 valence electrons. The van der Waals surface area contributed by atoms with Crippen molar-refractivity contribution in [1.82, 2.24) is 19.2 Å². The Balaban J connectivity index is 1.43. The second-order valence-electron chi connectivity index (χ2n) is 8.02. The van der Waals surface area contributed by atoms with Crippen LogP contribution in [0.25, 0.3) is 0 Å². The summed E-state index contributed by atoms with van der Waals surface area (Å²) in [7, 11) is -3.21. The Morgan fingerprint density at radius 2 is 2.00 bits per heavy atom. The highest BCUT2D eigenvalue weighted by molar-refractivity contribution is 7.89. The molecule has 1 saturated carbocycles. The highest BCUT2D eigenvalue weighted by atomic mass is 32.2. The van der Waals surface area contributed by atoms with E-state index in [9.17, 15) is 13.2 Å². The maximum absolute atomic E-state index is 12.7. The van der Waals surface area contributed by atoms with E-state index >= 15 is 0 Å². The average Bonchev–Trinajstić information content (AvgIpc) is 3.54. The van der Waals surface area contributed by atoms with E-state index in [-0.39, 0.29) is 29.3 Å². The molecule has 0 N–H and O–H groups in total. The Kier molecular flexibility index (Phi) is 5.41. The van der Waals surface area contributed by atoms with Crippen molar-refractivity contribution in [1.29, 1.82) is 0 Å². The minimum absolute atomic E-state index is 0.00782. The fraction of sp³-hybridized carbons (Fsp3) is 0.737. The van der Waals surface area contributed by atoms with Crippen molar-refractivity contribution in [3.8, 4) is 0 Å². The molecule has 28 heavy (non-hydrogen) atoms. The number of sulfonamides is 1. The summed E-state index contributed by atoms with van der Waals surface area (Å²) in [5.74, 6) is 0.0392. The number of likely N-dealkylation sites (tertiary alicyclic amines) is 1. The zero-order valence-electron chi connectivity index (χ0n) is 16.3. The van der Waals surface area contributed by atoms with Crippen LogP contribution in [0.2, 0.25) is 0 Å². The lowest BCUT2D eigenvalue weighted by Gasteiger charge is -2.48. The third-order valence-electron chi connectivity index (χ3n) is 6.16. The van der Waals surface area contributed by atoms with E-state index in [0.29, 0.717) is 25.4 Å². The van der Waals surface area contributed by atoms with Gasteiger partial charge in [0.05, 0.1) is 17.6 Å². The van der Waals surface area contributed by atoms with Crippen LogP contribution in [-0.4, -0.2) is 76.6 Å². The Hall–Kier alpha value is -1.58. The molecule has 1 aromatic rings. The third-order valence-corrected chi connectivity index (χ3v) is 8.13. The lowest BCUT2D eigenvalue weighted by Crippen LogP contribution is -2.56. The molecule has 3 aliphatic rings. The Labute approximate surface area is 166 Å². The van der Waals surface area contributed by atoms with Gasteiger partial charge in [0.1, 0.15) is 5.69 Å². The standard InChI is InChI=1S/C19H28N4O4S/c1-2-28(25,26)23(15-3-4-15)16-5-12-27-19(13-16)6-10-22(11-7-19)18(24)17-14-20-8-9-21-17/h8-9,14-16H,2-7,10-13H2,1H3. The van der Waals surface area contributed by atoms with Gasteiger partial charge >= 0.3 is 0 Å². The van der Waals surface area contributed by atoms with Crippen molar-refractivity contribution in [3.63, 3.8) is 0 Å². The number of carbonyl (C=O) groups excluding carboxylic acids is 1. The Morgan fingerprint density at radius 1 is 1.25 bits per heavy atom. The normalized spacial score (nSPS) is 25.2. The van der Waals surface area contributed by atoms with Crippen molar-refractivity contribution in [2.24, 2.45) is 0 Å². The summed E-state index contributed by atoms with van der Waals surface area (Å²) in [4.78, 5) is 22.5. The number of hydrogen-bond donors (Lipinski definition) is 0. The molecule has 1 aromatic heterocycles. The van der Waals surface area contributed by atoms with Crippen molar-refractivity contribution in [2.45, 2.75) is 63.1 Å². The molecule has 1 unspecified atom stereocenters. The van der Waals surface area contributed by atoms with Crippen LogP contribution < -0.4 is 0 Å². The summed E-state index contributed by atoms with van der Waals surface area (Å²) in [6.07, 6.45) is 9.40. The van der Waals surface area contributed by atoms with E-state index in [1.54, 1.807) is 22.3 Å². The van der Waals surface area contributed by atoms with Gasteiger partial charge in [-0.1, -0.05) is 0 Å². The third kappa shape index (κ3) is 3.92. The average molecular weight is 409 g/mol. The van der Waals surface area contributed by atoms with Crippen molar-refractivity contribution in [2.75, 3.05) is 25.4 Å². The Bertz CT molecular complexity index is 804. The molecule has 4 rings (SSSR count). The minimum Gasteiger partial charge on any atom is -0.375 e. The topological polar surface area (TPSA) is 92.7 Å². The van der Waals surface area contributed by atoms with Crippen LogP contribution in [0.4, 0.5) is 0 Å². The molecule has 3 heterocycles. The first-order chi connectivity index (χ1) is 13.4. The first kappa shape index (κ1) is 19.7. The fourth-order valence-electron chi connectivity index (χ4n) is 4.49. The van der Waals surface area contributed by atoms with Crippen LogP contribution in [0.3, 0.4) is 0 Å². The molecule has 1 atom stereocenters. The van der Waals surface area contributed by atoms with Gasteiger partial charge in [0.15, 0.2) is 0 Å². The molecule has 8 nitrogen and oxygen atoms in total. The number of nitrogens with zero attached hydrogens (tertiary/aromatic N) is 4. The van der Waals surface area contributed by atoms with Crippen LogP contribution in [-0.2, 0) is 14.8 Å². The zero-order chi connectivity index (χ0) is 19.8. The van der Waals surface area contributed by atoms with Crippen molar-refractivity contribution in [3.05, 3.63) is 24.3 Å². The second-order valence-corrected chi connectivity index (χ2v) is 10.2. The molecule has 1 spiro atoms. The van der Waals surface area contributed by atoms with Gasteiger partial charge in [-0.25, -0.2) is 13.4 Å². The molecule has 1 aliphatic carbocycles. The van der Waals surface area contributed by atoms with Gasteiger partial charge in [-0.2, -0.15) is 4.31 Å². The first-order valence-corrected chi connectivity index (χ1v) is 11.8. The summed E-state index contributed by atoms with van der Waals surface area (Å²) < 4.78 is 33.3. The smallest absolute Gasteiger partial charge is 0.274 e. The second kappa shape index (κ2) is 7.68. The van der Waals surface area contributed by atoms with Crippen LogP contribution >= 0.6 is 0 Å². The van der Waals surface area contributed by atoms with Gasteiger partial charge in [-0.15, -0.1) is 0 Å². The summed E-state index contributed by atoms with van der Waals surface area (Å²) in [6.45, 7) is 3.47. The SMILES string of the molecule is CCS(=O)(=O)N(C1CC1)C1CCOC2(CCN(C(=O)c3cnccn3)CC2)C1. The number of ether oxygens (including phenoxy) is 1. The molecular weight excluding hydrogens is 380 g/mol. The molecule has 1 amide bonds. The summed E-state index contributed by atoms with van der Waals surface area (Å²) >= 11 is 0. The van der Waals surface area contributed by atoms with Gasteiger partial charge < -0.3 is 9.64 Å². The molecule has 3 fully saturated rings. The molecule has 2 aliphatic heterocycles. The number of amides is 1. The maximum Gasteiger partial charge on any atom is 0.274 e. The minimum atomic E-state index is -3.21. The van der Waals surface area contributed by atoms with E-state index < -0.39 is 10.0 Å². The lowest BCUT2D eigenvalue weighted by molar-refractivity contribution is -0.123. The highest BCUT2D eigenvalue weighted by Crippen LogP contribution is 2.41. The maximum atomic E-state index is 12.7. The van der Waals surface area contributed by atoms with E-state index in [1.165, 1.54) is 12.4 Å². The van der Waals surface area contributed by atoms with E-state index in [4.69, 9.17) is 4.74 Å². The van der Waals surface area contributed by atoms with Gasteiger partial charge in [-0.05, 0) is 45.4 Å². The van der Waals surface area contributed by atoms with Gasteiger partial charge in [0, 0.05) is 44.2 Å². The molecule has 0 aromatic carbocycles. The molecule has 0 radical (unpaired) electrons. The quantitative estimate of drug-likeness (QED) is 0.732.